The molecule has 5 unspecified atom stereocenters. The Kier molecular flexibility index (Phi) is 3.38. The summed E-state index contributed by atoms with van der Waals surface area (Å²) in [6, 6.07) is 4.51. The van der Waals surface area contributed by atoms with Crippen molar-refractivity contribution in [3.8, 4) is 0 Å². The molecule has 2 nitrogen and oxygen atoms in total. The minimum Gasteiger partial charge on any atom is -0.327 e. The van der Waals surface area contributed by atoms with Gasteiger partial charge in [0.1, 0.15) is 0 Å². The van der Waals surface area contributed by atoms with E-state index in [0.717, 1.165) is 17.8 Å². The van der Waals surface area contributed by atoms with Crippen molar-refractivity contribution in [1.29, 1.82) is 0 Å². The van der Waals surface area contributed by atoms with Gasteiger partial charge in [-0.15, -0.1) is 0 Å². The molecule has 0 aromatic carbocycles. The maximum Gasteiger partial charge on any atom is 0.0270 e. The molecule has 0 aliphatic heterocycles. The molecule has 1 heterocycles. The molecule has 2 N–H and O–H groups in total. The Morgan fingerprint density at radius 2 is 2.06 bits per heavy atom. The van der Waals surface area contributed by atoms with E-state index in [2.05, 4.69) is 24.0 Å². The SMILES string of the molecule is CC(c1ccncc1)C(N)CC1CC2CCC1C2. The van der Waals surface area contributed by atoms with Gasteiger partial charge >= 0.3 is 0 Å². The lowest BCUT2D eigenvalue weighted by Crippen LogP contribution is -2.31. The maximum absolute atomic E-state index is 6.44. The predicted molar refractivity (Wildman–Crippen MR) is 74.2 cm³/mol. The van der Waals surface area contributed by atoms with Crippen molar-refractivity contribution in [2.75, 3.05) is 0 Å². The first-order valence-electron chi connectivity index (χ1n) is 7.39. The van der Waals surface area contributed by atoms with E-state index < -0.39 is 0 Å². The zero-order valence-electron chi connectivity index (χ0n) is 11.3. The lowest BCUT2D eigenvalue weighted by atomic mass is 9.80. The Labute approximate surface area is 110 Å². The van der Waals surface area contributed by atoms with Gasteiger partial charge in [-0.25, -0.2) is 0 Å². The zero-order chi connectivity index (χ0) is 12.5. The number of pyridine rings is 1. The van der Waals surface area contributed by atoms with Crippen LogP contribution in [0.1, 0.15) is 50.5 Å². The quantitative estimate of drug-likeness (QED) is 0.882. The van der Waals surface area contributed by atoms with Gasteiger partial charge in [0.15, 0.2) is 0 Å². The minimum atomic E-state index is 0.303. The number of hydrogen-bond acceptors (Lipinski definition) is 2. The predicted octanol–water partition coefficient (Wildman–Crippen LogP) is 3.34. The molecule has 1 aromatic heterocycles. The van der Waals surface area contributed by atoms with Crippen LogP contribution < -0.4 is 5.73 Å². The van der Waals surface area contributed by atoms with Crippen molar-refractivity contribution >= 4 is 0 Å². The van der Waals surface area contributed by atoms with E-state index in [1.165, 1.54) is 37.7 Å². The summed E-state index contributed by atoms with van der Waals surface area (Å²) in [6.07, 6.45) is 10.8. The van der Waals surface area contributed by atoms with Crippen LogP contribution in [0.15, 0.2) is 24.5 Å². The Morgan fingerprint density at radius 1 is 1.28 bits per heavy atom. The van der Waals surface area contributed by atoms with Crippen molar-refractivity contribution in [2.24, 2.45) is 23.5 Å². The van der Waals surface area contributed by atoms with Gasteiger partial charge < -0.3 is 5.73 Å². The first-order valence-corrected chi connectivity index (χ1v) is 7.39. The highest BCUT2D eigenvalue weighted by atomic mass is 14.7. The summed E-state index contributed by atoms with van der Waals surface area (Å²) in [6.45, 7) is 2.26. The van der Waals surface area contributed by atoms with Crippen molar-refractivity contribution in [1.82, 2.24) is 4.98 Å². The standard InChI is InChI=1S/C16H24N2/c1-11(13-4-6-18-7-5-13)16(17)10-15-9-12-2-3-14(15)8-12/h4-7,11-12,14-16H,2-3,8-10,17H2,1H3. The fraction of sp³-hybridized carbons (Fsp3) is 0.688. The van der Waals surface area contributed by atoms with E-state index in [4.69, 9.17) is 5.73 Å². The van der Waals surface area contributed by atoms with Crippen LogP contribution in [0.4, 0.5) is 0 Å². The van der Waals surface area contributed by atoms with Gasteiger partial charge in [-0.05, 0) is 67.1 Å². The second-order valence-corrected chi connectivity index (χ2v) is 6.40. The van der Waals surface area contributed by atoms with E-state index in [1.54, 1.807) is 0 Å². The van der Waals surface area contributed by atoms with Crippen LogP contribution >= 0.6 is 0 Å². The van der Waals surface area contributed by atoms with Gasteiger partial charge in [-0.1, -0.05) is 13.3 Å². The first-order chi connectivity index (χ1) is 8.74. The molecule has 2 aliphatic rings. The van der Waals surface area contributed by atoms with Crippen molar-refractivity contribution < 1.29 is 0 Å². The Morgan fingerprint density at radius 3 is 2.67 bits per heavy atom. The summed E-state index contributed by atoms with van der Waals surface area (Å²) < 4.78 is 0. The molecule has 2 aliphatic carbocycles. The van der Waals surface area contributed by atoms with Gasteiger partial charge in [-0.2, -0.15) is 0 Å². The van der Waals surface area contributed by atoms with Gasteiger partial charge in [-0.3, -0.25) is 4.98 Å². The van der Waals surface area contributed by atoms with E-state index in [-0.39, 0.29) is 0 Å². The van der Waals surface area contributed by atoms with Gasteiger partial charge in [0.2, 0.25) is 0 Å². The van der Waals surface area contributed by atoms with E-state index in [1.807, 2.05) is 12.4 Å². The van der Waals surface area contributed by atoms with Crippen LogP contribution in [0.5, 0.6) is 0 Å². The second-order valence-electron chi connectivity index (χ2n) is 6.40. The molecule has 0 radical (unpaired) electrons. The monoisotopic (exact) mass is 244 g/mol. The van der Waals surface area contributed by atoms with Crippen LogP contribution in [-0.4, -0.2) is 11.0 Å². The smallest absolute Gasteiger partial charge is 0.0270 e. The molecule has 2 fully saturated rings. The van der Waals surface area contributed by atoms with Gasteiger partial charge in [0.05, 0.1) is 0 Å². The molecular weight excluding hydrogens is 220 g/mol. The van der Waals surface area contributed by atoms with Crippen LogP contribution in [0, 0.1) is 17.8 Å². The Balaban J connectivity index is 1.60. The van der Waals surface area contributed by atoms with Crippen LogP contribution in [0.2, 0.25) is 0 Å². The topological polar surface area (TPSA) is 38.9 Å². The van der Waals surface area contributed by atoms with Crippen molar-refractivity contribution in [3.05, 3.63) is 30.1 Å². The third-order valence-corrected chi connectivity index (χ3v) is 5.33. The molecule has 1 aromatic rings. The molecule has 2 bridgehead atoms. The van der Waals surface area contributed by atoms with Crippen molar-refractivity contribution in [3.63, 3.8) is 0 Å². The summed E-state index contributed by atoms with van der Waals surface area (Å²) >= 11 is 0. The van der Waals surface area contributed by atoms with Crippen LogP contribution in [0.3, 0.4) is 0 Å². The average molecular weight is 244 g/mol. The Bertz CT molecular complexity index is 389. The third kappa shape index (κ3) is 2.31. The summed E-state index contributed by atoms with van der Waals surface area (Å²) in [5, 5.41) is 0. The largest absolute Gasteiger partial charge is 0.327 e. The summed E-state index contributed by atoms with van der Waals surface area (Å²) in [7, 11) is 0. The third-order valence-electron chi connectivity index (χ3n) is 5.33. The molecule has 3 rings (SSSR count). The normalized spacial score (nSPS) is 33.6. The second kappa shape index (κ2) is 5.00. The van der Waals surface area contributed by atoms with E-state index >= 15 is 0 Å². The molecule has 98 valence electrons. The highest BCUT2D eigenvalue weighted by Gasteiger charge is 2.40. The van der Waals surface area contributed by atoms with Crippen molar-refractivity contribution in [2.45, 2.75) is 51.0 Å². The minimum absolute atomic E-state index is 0.303. The fourth-order valence-corrected chi connectivity index (χ4v) is 4.13. The maximum atomic E-state index is 6.44. The molecule has 18 heavy (non-hydrogen) atoms. The van der Waals surface area contributed by atoms with Gasteiger partial charge in [0, 0.05) is 18.4 Å². The van der Waals surface area contributed by atoms with E-state index in [9.17, 15) is 0 Å². The number of nitrogens with two attached hydrogens (primary N) is 1. The molecule has 0 spiro atoms. The number of hydrogen-bond donors (Lipinski definition) is 1. The lowest BCUT2D eigenvalue weighted by molar-refractivity contribution is 0.285. The highest BCUT2D eigenvalue weighted by molar-refractivity contribution is 5.17. The molecule has 0 saturated heterocycles. The number of nitrogens with zero attached hydrogens (tertiary/aromatic N) is 1. The number of rotatable bonds is 4. The summed E-state index contributed by atoms with van der Waals surface area (Å²) in [5.41, 5.74) is 7.77. The molecule has 2 saturated carbocycles. The van der Waals surface area contributed by atoms with Crippen LogP contribution in [-0.2, 0) is 0 Å². The average Bonchev–Trinajstić information content (AvgIpc) is 3.01. The first kappa shape index (κ1) is 12.2. The Hall–Kier alpha value is -0.890. The molecular formula is C16H24N2. The summed E-state index contributed by atoms with van der Waals surface area (Å²) in [4.78, 5) is 4.08. The summed E-state index contributed by atoms with van der Waals surface area (Å²) in [5.74, 6) is 3.38. The van der Waals surface area contributed by atoms with Gasteiger partial charge in [0.25, 0.3) is 0 Å². The molecule has 2 heteroatoms. The zero-order valence-corrected chi connectivity index (χ0v) is 11.3. The number of fused-ring (bicyclic) bond motifs is 2. The highest BCUT2D eigenvalue weighted by Crippen LogP contribution is 2.50. The number of aromatic nitrogens is 1. The molecule has 0 amide bonds. The lowest BCUT2D eigenvalue weighted by Gasteiger charge is -2.28. The van der Waals surface area contributed by atoms with E-state index in [0.29, 0.717) is 12.0 Å². The fourth-order valence-electron chi connectivity index (χ4n) is 4.13. The van der Waals surface area contributed by atoms with Crippen LogP contribution in [0.25, 0.3) is 0 Å². The molecule has 5 atom stereocenters.